The maximum Gasteiger partial charge on any atom is 0.257 e. The molecule has 0 radical (unpaired) electrons. The second-order valence-electron chi connectivity index (χ2n) is 7.50. The molecule has 0 saturated heterocycles. The molecule has 8 nitrogen and oxygen atoms in total. The van der Waals surface area contributed by atoms with E-state index in [1.807, 2.05) is 42.5 Å². The first kappa shape index (κ1) is 19.0. The predicted octanol–water partition coefficient (Wildman–Crippen LogP) is 4.67. The van der Waals surface area contributed by atoms with Gasteiger partial charge in [0, 0.05) is 47.5 Å². The van der Waals surface area contributed by atoms with Gasteiger partial charge in [-0.1, -0.05) is 6.07 Å². The molecule has 1 aliphatic rings. The van der Waals surface area contributed by atoms with Crippen molar-refractivity contribution in [3.8, 4) is 33.8 Å². The molecule has 1 amide bonds. The van der Waals surface area contributed by atoms with Crippen LogP contribution < -0.4 is 14.8 Å². The number of benzene rings is 1. The molecule has 1 aliphatic heterocycles. The van der Waals surface area contributed by atoms with Crippen molar-refractivity contribution < 1.29 is 14.3 Å². The van der Waals surface area contributed by atoms with Gasteiger partial charge in [-0.15, -0.1) is 0 Å². The van der Waals surface area contributed by atoms with Gasteiger partial charge in [-0.05, 0) is 47.5 Å². The highest BCUT2D eigenvalue weighted by molar-refractivity contribution is 6.13. The fraction of sp³-hybridized carbons (Fsp3) is 0.0400. The number of carbonyl (C=O) groups is 1. The van der Waals surface area contributed by atoms with Crippen LogP contribution in [0.2, 0.25) is 0 Å². The molecular formula is C25H17N5O3. The molecule has 0 bridgehead atoms. The molecular weight excluding hydrogens is 418 g/mol. The number of H-pyrrole nitrogens is 1. The molecule has 5 aromatic rings. The van der Waals surface area contributed by atoms with E-state index in [0.717, 1.165) is 27.6 Å². The molecule has 4 aromatic heterocycles. The van der Waals surface area contributed by atoms with Gasteiger partial charge in [-0.3, -0.25) is 14.8 Å². The molecule has 160 valence electrons. The summed E-state index contributed by atoms with van der Waals surface area (Å²) in [6.07, 6.45) is 10.2. The number of fused-ring (bicyclic) bond motifs is 2. The van der Waals surface area contributed by atoms with E-state index in [4.69, 9.17) is 9.47 Å². The van der Waals surface area contributed by atoms with Gasteiger partial charge in [0.25, 0.3) is 5.91 Å². The number of hydrogen-bond donors (Lipinski definition) is 2. The Balaban J connectivity index is 1.34. The number of rotatable bonds is 4. The Morgan fingerprint density at radius 3 is 2.64 bits per heavy atom. The van der Waals surface area contributed by atoms with Crippen molar-refractivity contribution >= 4 is 22.6 Å². The standard InChI is InChI=1S/C25H17N5O3/c31-25(20-12-29-24-19(20)9-17(11-28-24)15-3-6-26-7-4-15)30-21-13-27-8-5-18(21)16-1-2-22-23(10-16)33-14-32-22/h1-13H,14H2,(H,28,29)(H,30,31). The van der Waals surface area contributed by atoms with Crippen LogP contribution in [0.1, 0.15) is 10.4 Å². The minimum atomic E-state index is -0.259. The van der Waals surface area contributed by atoms with Crippen molar-refractivity contribution in [2.24, 2.45) is 0 Å². The zero-order chi connectivity index (χ0) is 22.2. The van der Waals surface area contributed by atoms with E-state index in [2.05, 4.69) is 25.3 Å². The van der Waals surface area contributed by atoms with Crippen LogP contribution in [0.5, 0.6) is 11.5 Å². The second kappa shape index (κ2) is 7.76. The average Bonchev–Trinajstić information content (AvgIpc) is 3.51. The highest BCUT2D eigenvalue weighted by Crippen LogP contribution is 2.38. The van der Waals surface area contributed by atoms with Gasteiger partial charge in [0.05, 0.1) is 17.4 Å². The fourth-order valence-corrected chi connectivity index (χ4v) is 3.89. The third kappa shape index (κ3) is 3.43. The van der Waals surface area contributed by atoms with Gasteiger partial charge >= 0.3 is 0 Å². The van der Waals surface area contributed by atoms with E-state index in [1.165, 1.54) is 0 Å². The summed E-state index contributed by atoms with van der Waals surface area (Å²) in [5.41, 5.74) is 5.32. The van der Waals surface area contributed by atoms with Gasteiger partial charge in [0.2, 0.25) is 6.79 Å². The van der Waals surface area contributed by atoms with Crippen LogP contribution in [0.4, 0.5) is 5.69 Å². The van der Waals surface area contributed by atoms with Crippen molar-refractivity contribution in [2.45, 2.75) is 0 Å². The Morgan fingerprint density at radius 2 is 1.73 bits per heavy atom. The van der Waals surface area contributed by atoms with E-state index < -0.39 is 0 Å². The van der Waals surface area contributed by atoms with E-state index in [1.54, 1.807) is 37.2 Å². The maximum absolute atomic E-state index is 13.3. The average molecular weight is 435 g/mol. The summed E-state index contributed by atoms with van der Waals surface area (Å²) < 4.78 is 10.9. The quantitative estimate of drug-likeness (QED) is 0.425. The number of nitrogens with zero attached hydrogens (tertiary/aromatic N) is 3. The number of hydrogen-bond acceptors (Lipinski definition) is 6. The number of anilines is 1. The van der Waals surface area contributed by atoms with Crippen LogP contribution in [-0.2, 0) is 0 Å². The molecule has 5 heterocycles. The van der Waals surface area contributed by atoms with Crippen molar-refractivity contribution in [1.29, 1.82) is 0 Å². The van der Waals surface area contributed by atoms with Gasteiger partial charge in [0.15, 0.2) is 11.5 Å². The predicted molar refractivity (Wildman–Crippen MR) is 123 cm³/mol. The number of pyridine rings is 3. The molecule has 1 aromatic carbocycles. The molecule has 33 heavy (non-hydrogen) atoms. The zero-order valence-corrected chi connectivity index (χ0v) is 17.3. The monoisotopic (exact) mass is 435 g/mol. The number of aromatic amines is 1. The fourth-order valence-electron chi connectivity index (χ4n) is 3.89. The van der Waals surface area contributed by atoms with Gasteiger partial charge < -0.3 is 19.8 Å². The molecule has 0 atom stereocenters. The summed E-state index contributed by atoms with van der Waals surface area (Å²) in [5.74, 6) is 1.12. The topological polar surface area (TPSA) is 102 Å². The lowest BCUT2D eigenvalue weighted by atomic mass is 10.0. The summed E-state index contributed by atoms with van der Waals surface area (Å²) in [5, 5.41) is 3.73. The normalized spacial score (nSPS) is 12.1. The third-order valence-corrected chi connectivity index (χ3v) is 5.54. The number of carbonyl (C=O) groups excluding carboxylic acids is 1. The molecule has 2 N–H and O–H groups in total. The van der Waals surface area contributed by atoms with Crippen molar-refractivity contribution in [3.63, 3.8) is 0 Å². The SMILES string of the molecule is O=C(Nc1cnccc1-c1ccc2c(c1)OCO2)c1c[nH]c2ncc(-c3ccncc3)cc12. The number of nitrogens with one attached hydrogen (secondary N) is 2. The molecule has 6 rings (SSSR count). The second-order valence-corrected chi connectivity index (χ2v) is 7.50. The van der Waals surface area contributed by atoms with Crippen molar-refractivity contribution in [1.82, 2.24) is 19.9 Å². The Morgan fingerprint density at radius 1 is 0.879 bits per heavy atom. The van der Waals surface area contributed by atoms with Crippen LogP contribution in [0, 0.1) is 0 Å². The zero-order valence-electron chi connectivity index (χ0n) is 17.3. The summed E-state index contributed by atoms with van der Waals surface area (Å²) in [7, 11) is 0. The van der Waals surface area contributed by atoms with Crippen LogP contribution in [-0.4, -0.2) is 32.6 Å². The Labute approximate surface area is 188 Å². The van der Waals surface area contributed by atoms with Crippen molar-refractivity contribution in [3.05, 3.63) is 85.2 Å². The first-order valence-corrected chi connectivity index (χ1v) is 10.3. The molecule has 0 unspecified atom stereocenters. The van der Waals surface area contributed by atoms with Crippen LogP contribution in [0.3, 0.4) is 0 Å². The lowest BCUT2D eigenvalue weighted by Crippen LogP contribution is -2.12. The van der Waals surface area contributed by atoms with E-state index in [-0.39, 0.29) is 12.7 Å². The minimum absolute atomic E-state index is 0.203. The van der Waals surface area contributed by atoms with Crippen LogP contribution in [0.15, 0.2) is 79.6 Å². The Bertz CT molecular complexity index is 1500. The van der Waals surface area contributed by atoms with Crippen LogP contribution >= 0.6 is 0 Å². The molecule has 0 spiro atoms. The summed E-state index contributed by atoms with van der Waals surface area (Å²) in [6, 6.07) is 13.3. The highest BCUT2D eigenvalue weighted by Gasteiger charge is 2.18. The van der Waals surface area contributed by atoms with E-state index in [9.17, 15) is 4.79 Å². The first-order valence-electron chi connectivity index (χ1n) is 10.3. The molecule has 0 saturated carbocycles. The lowest BCUT2D eigenvalue weighted by molar-refractivity contribution is 0.102. The van der Waals surface area contributed by atoms with Crippen LogP contribution in [0.25, 0.3) is 33.3 Å². The molecule has 0 aliphatic carbocycles. The maximum atomic E-state index is 13.3. The summed E-state index contributed by atoms with van der Waals surface area (Å²) >= 11 is 0. The molecule has 8 heteroatoms. The first-order chi connectivity index (χ1) is 16.3. The van der Waals surface area contributed by atoms with Gasteiger partial charge in [-0.2, -0.15) is 0 Å². The molecule has 0 fully saturated rings. The van der Waals surface area contributed by atoms with Crippen molar-refractivity contribution in [2.75, 3.05) is 12.1 Å². The van der Waals surface area contributed by atoms with Gasteiger partial charge in [0.1, 0.15) is 5.65 Å². The summed E-state index contributed by atoms with van der Waals surface area (Å²) in [4.78, 5) is 29.1. The van der Waals surface area contributed by atoms with E-state index >= 15 is 0 Å². The summed E-state index contributed by atoms with van der Waals surface area (Å²) in [6.45, 7) is 0.203. The Kier molecular flexibility index (Phi) is 4.47. The largest absolute Gasteiger partial charge is 0.454 e. The smallest absolute Gasteiger partial charge is 0.257 e. The third-order valence-electron chi connectivity index (χ3n) is 5.54. The Hall–Kier alpha value is -4.72. The number of amides is 1. The van der Waals surface area contributed by atoms with E-state index in [0.29, 0.717) is 28.4 Å². The number of aromatic nitrogens is 4. The minimum Gasteiger partial charge on any atom is -0.454 e. The lowest BCUT2D eigenvalue weighted by Gasteiger charge is -2.11. The van der Waals surface area contributed by atoms with Gasteiger partial charge in [-0.25, -0.2) is 4.98 Å². The highest BCUT2D eigenvalue weighted by atomic mass is 16.7. The number of ether oxygens (including phenoxy) is 2.